The van der Waals surface area contributed by atoms with Crippen molar-refractivity contribution in [3.05, 3.63) is 66.6 Å². The van der Waals surface area contributed by atoms with E-state index in [0.29, 0.717) is 23.0 Å². The van der Waals surface area contributed by atoms with Crippen LogP contribution in [0.5, 0.6) is 0 Å². The summed E-state index contributed by atoms with van der Waals surface area (Å²) < 4.78 is 19.6. The number of halogens is 1. The molecule has 0 atom stereocenters. The van der Waals surface area contributed by atoms with Crippen molar-refractivity contribution in [3.8, 4) is 17.1 Å². The Morgan fingerprint density at radius 2 is 2.04 bits per heavy atom. The highest BCUT2D eigenvalue weighted by molar-refractivity contribution is 5.91. The van der Waals surface area contributed by atoms with Crippen molar-refractivity contribution >= 4 is 11.6 Å². The number of aryl methyl sites for hydroxylation is 1. The lowest BCUT2D eigenvalue weighted by Crippen LogP contribution is -2.12. The number of carbonyl (C=O) groups excluding carboxylic acids is 1. The maximum Gasteiger partial charge on any atom is 0.227 e. The van der Waals surface area contributed by atoms with Gasteiger partial charge in [0.2, 0.25) is 17.6 Å². The van der Waals surface area contributed by atoms with Crippen LogP contribution >= 0.6 is 0 Å². The van der Waals surface area contributed by atoms with Gasteiger partial charge < -0.3 is 9.84 Å². The van der Waals surface area contributed by atoms with Crippen molar-refractivity contribution in [2.24, 2.45) is 0 Å². The minimum atomic E-state index is -0.340. The number of anilines is 1. The molecule has 2 aromatic carbocycles. The lowest BCUT2D eigenvalue weighted by atomic mass is 10.2. The van der Waals surface area contributed by atoms with Gasteiger partial charge in [0.1, 0.15) is 12.1 Å². The standard InChI is InChI=1S/C18H14FN7O2/c19-13-6-4-12(5-7-13)18-22-17(28-23-18)9-8-16(27)21-14-2-1-3-15(10-14)26-11-20-24-25-26/h1-7,10-11H,8-9H2,(H,21,27). The van der Waals surface area contributed by atoms with Gasteiger partial charge in [0.05, 0.1) is 5.69 Å². The van der Waals surface area contributed by atoms with E-state index in [2.05, 4.69) is 31.0 Å². The summed E-state index contributed by atoms with van der Waals surface area (Å²) in [5.74, 6) is 0.144. The first-order chi connectivity index (χ1) is 13.7. The average Bonchev–Trinajstić information content (AvgIpc) is 3.40. The Morgan fingerprint density at radius 1 is 1.18 bits per heavy atom. The first-order valence-electron chi connectivity index (χ1n) is 8.39. The highest BCUT2D eigenvalue weighted by Gasteiger charge is 2.11. The first kappa shape index (κ1) is 17.5. The van der Waals surface area contributed by atoms with E-state index in [1.54, 1.807) is 30.3 Å². The molecule has 0 unspecified atom stereocenters. The number of rotatable bonds is 6. The minimum Gasteiger partial charge on any atom is -0.339 e. The van der Waals surface area contributed by atoms with Crippen LogP contribution in [-0.4, -0.2) is 36.3 Å². The van der Waals surface area contributed by atoms with Gasteiger partial charge >= 0.3 is 0 Å². The van der Waals surface area contributed by atoms with Crippen LogP contribution in [0.4, 0.5) is 10.1 Å². The molecule has 0 bridgehead atoms. The van der Waals surface area contributed by atoms with E-state index in [4.69, 9.17) is 4.52 Å². The third-order valence-electron chi connectivity index (χ3n) is 3.88. The molecule has 4 rings (SSSR count). The van der Waals surface area contributed by atoms with Crippen LogP contribution in [0.25, 0.3) is 17.1 Å². The summed E-state index contributed by atoms with van der Waals surface area (Å²) in [7, 11) is 0. The Balaban J connectivity index is 1.35. The van der Waals surface area contributed by atoms with Gasteiger partial charge in [0.25, 0.3) is 0 Å². The van der Waals surface area contributed by atoms with E-state index < -0.39 is 0 Å². The van der Waals surface area contributed by atoms with E-state index in [0.717, 1.165) is 5.69 Å². The Morgan fingerprint density at radius 3 is 2.82 bits per heavy atom. The maximum absolute atomic E-state index is 13.0. The number of hydrogen-bond donors (Lipinski definition) is 1. The molecule has 0 fully saturated rings. The fourth-order valence-electron chi connectivity index (χ4n) is 2.52. The van der Waals surface area contributed by atoms with Crippen LogP contribution in [0.15, 0.2) is 59.4 Å². The van der Waals surface area contributed by atoms with E-state index in [1.807, 2.05) is 6.07 Å². The number of tetrazole rings is 1. The zero-order valence-electron chi connectivity index (χ0n) is 14.5. The molecule has 0 aliphatic carbocycles. The number of amides is 1. The normalized spacial score (nSPS) is 10.8. The van der Waals surface area contributed by atoms with Gasteiger partial charge in [-0.15, -0.1) is 5.10 Å². The fourth-order valence-corrected chi connectivity index (χ4v) is 2.52. The van der Waals surface area contributed by atoms with Crippen LogP contribution in [0.3, 0.4) is 0 Å². The highest BCUT2D eigenvalue weighted by Crippen LogP contribution is 2.17. The van der Waals surface area contributed by atoms with Crippen molar-refractivity contribution in [2.45, 2.75) is 12.8 Å². The Kier molecular flexibility index (Phi) is 4.83. The zero-order chi connectivity index (χ0) is 19.3. The lowest BCUT2D eigenvalue weighted by Gasteiger charge is -2.06. The lowest BCUT2D eigenvalue weighted by molar-refractivity contribution is -0.116. The molecule has 0 spiro atoms. The van der Waals surface area contributed by atoms with Crippen LogP contribution < -0.4 is 5.32 Å². The van der Waals surface area contributed by atoms with Gasteiger partial charge in [-0.05, 0) is 52.9 Å². The molecule has 4 aromatic rings. The summed E-state index contributed by atoms with van der Waals surface area (Å²) in [6, 6.07) is 12.9. The highest BCUT2D eigenvalue weighted by atomic mass is 19.1. The summed E-state index contributed by atoms with van der Waals surface area (Å²) in [4.78, 5) is 16.4. The molecule has 2 heterocycles. The van der Waals surface area contributed by atoms with E-state index >= 15 is 0 Å². The second-order valence-electron chi connectivity index (χ2n) is 5.87. The minimum absolute atomic E-state index is 0.167. The molecule has 0 radical (unpaired) electrons. The number of carbonyl (C=O) groups is 1. The monoisotopic (exact) mass is 379 g/mol. The molecule has 0 aliphatic rings. The first-order valence-corrected chi connectivity index (χ1v) is 8.39. The van der Waals surface area contributed by atoms with Crippen molar-refractivity contribution in [3.63, 3.8) is 0 Å². The quantitative estimate of drug-likeness (QED) is 0.547. The molecule has 10 heteroatoms. The molecule has 0 saturated heterocycles. The van der Waals surface area contributed by atoms with Crippen molar-refractivity contribution in [2.75, 3.05) is 5.32 Å². The summed E-state index contributed by atoms with van der Waals surface area (Å²) in [5.41, 5.74) is 1.99. The molecule has 0 aliphatic heterocycles. The Hall–Kier alpha value is -3.95. The van der Waals surface area contributed by atoms with Crippen molar-refractivity contribution < 1.29 is 13.7 Å². The number of hydrogen-bond acceptors (Lipinski definition) is 7. The second kappa shape index (κ2) is 7.74. The Bertz CT molecular complexity index is 1080. The zero-order valence-corrected chi connectivity index (χ0v) is 14.5. The van der Waals surface area contributed by atoms with Gasteiger partial charge in [-0.1, -0.05) is 11.2 Å². The topological polar surface area (TPSA) is 112 Å². The predicted molar refractivity (Wildman–Crippen MR) is 95.8 cm³/mol. The van der Waals surface area contributed by atoms with Crippen molar-refractivity contribution in [1.82, 2.24) is 30.3 Å². The average molecular weight is 379 g/mol. The number of aromatic nitrogens is 6. The molecular formula is C18H14FN7O2. The summed E-state index contributed by atoms with van der Waals surface area (Å²) in [5, 5.41) is 17.6. The number of nitrogens with zero attached hydrogens (tertiary/aromatic N) is 6. The Labute approximate surface area is 158 Å². The fraction of sp³-hybridized carbons (Fsp3) is 0.111. The summed E-state index contributed by atoms with van der Waals surface area (Å²) in [6.45, 7) is 0. The van der Waals surface area contributed by atoms with E-state index in [1.165, 1.54) is 23.1 Å². The van der Waals surface area contributed by atoms with Crippen LogP contribution in [0, 0.1) is 5.82 Å². The molecule has 9 nitrogen and oxygen atoms in total. The third-order valence-corrected chi connectivity index (χ3v) is 3.88. The molecule has 2 aromatic heterocycles. The van der Waals surface area contributed by atoms with Crippen LogP contribution in [0.2, 0.25) is 0 Å². The van der Waals surface area contributed by atoms with Gasteiger partial charge in [-0.25, -0.2) is 9.07 Å². The van der Waals surface area contributed by atoms with Gasteiger partial charge in [-0.3, -0.25) is 4.79 Å². The molecule has 0 saturated carbocycles. The molecule has 1 N–H and O–H groups in total. The van der Waals surface area contributed by atoms with E-state index in [9.17, 15) is 9.18 Å². The van der Waals surface area contributed by atoms with Gasteiger partial charge in [-0.2, -0.15) is 4.98 Å². The molecule has 140 valence electrons. The summed E-state index contributed by atoms with van der Waals surface area (Å²) >= 11 is 0. The smallest absolute Gasteiger partial charge is 0.227 e. The van der Waals surface area contributed by atoms with Gasteiger partial charge in [0.15, 0.2) is 0 Å². The summed E-state index contributed by atoms with van der Waals surface area (Å²) in [6.07, 6.45) is 1.92. The van der Waals surface area contributed by atoms with E-state index in [-0.39, 0.29) is 24.6 Å². The third kappa shape index (κ3) is 4.06. The number of benzene rings is 2. The van der Waals surface area contributed by atoms with Gasteiger partial charge in [0, 0.05) is 24.1 Å². The molecule has 1 amide bonds. The SMILES string of the molecule is O=C(CCc1nc(-c2ccc(F)cc2)no1)Nc1cccc(-n2cnnn2)c1. The maximum atomic E-state index is 13.0. The predicted octanol–water partition coefficient (Wildman–Crippen LogP) is 2.42. The number of nitrogens with one attached hydrogen (secondary N) is 1. The second-order valence-corrected chi connectivity index (χ2v) is 5.87. The van der Waals surface area contributed by atoms with Crippen LogP contribution in [-0.2, 0) is 11.2 Å². The van der Waals surface area contributed by atoms with Crippen LogP contribution in [0.1, 0.15) is 12.3 Å². The molecule has 28 heavy (non-hydrogen) atoms. The largest absolute Gasteiger partial charge is 0.339 e. The van der Waals surface area contributed by atoms with Crippen molar-refractivity contribution in [1.29, 1.82) is 0 Å². The molecular weight excluding hydrogens is 365 g/mol.